The van der Waals surface area contributed by atoms with Crippen molar-refractivity contribution >= 4 is 46.1 Å². The molecule has 2 aliphatic rings. The molecule has 0 N–H and O–H groups in total. The van der Waals surface area contributed by atoms with Crippen molar-refractivity contribution in [3.63, 3.8) is 0 Å². The number of aromatic nitrogens is 1. The second-order valence-corrected chi connectivity index (χ2v) is 10.0. The number of thioether (sulfide) groups is 1. The van der Waals surface area contributed by atoms with Crippen molar-refractivity contribution in [3.8, 4) is 6.07 Å². The van der Waals surface area contributed by atoms with Gasteiger partial charge in [-0.2, -0.15) is 5.26 Å². The van der Waals surface area contributed by atoms with Gasteiger partial charge in [-0.1, -0.05) is 37.8 Å². The SMILES string of the molecule is CCCn1c(N2CCCC(C)C2)c(/C=C2\SC(=S)N(CCOC)C2=O)c(C)c(C#N)c1=O. The van der Waals surface area contributed by atoms with Crippen molar-refractivity contribution in [2.75, 3.05) is 38.3 Å². The van der Waals surface area contributed by atoms with Crippen LogP contribution in [0, 0.1) is 24.2 Å². The number of pyridine rings is 1. The molecular weight excluding hydrogens is 444 g/mol. The second kappa shape index (κ2) is 10.6. The maximum Gasteiger partial charge on any atom is 0.270 e. The predicted molar refractivity (Wildman–Crippen MR) is 133 cm³/mol. The van der Waals surface area contributed by atoms with Crippen molar-refractivity contribution in [1.82, 2.24) is 9.47 Å². The molecule has 1 unspecified atom stereocenters. The fraction of sp³-hybridized carbons (Fsp3) is 0.565. The second-order valence-electron chi connectivity index (χ2n) is 8.33. The van der Waals surface area contributed by atoms with Gasteiger partial charge in [-0.3, -0.25) is 19.1 Å². The number of hydrogen-bond acceptors (Lipinski definition) is 7. The van der Waals surface area contributed by atoms with E-state index in [0.29, 0.717) is 40.4 Å². The van der Waals surface area contributed by atoms with E-state index in [9.17, 15) is 14.9 Å². The molecule has 0 aliphatic carbocycles. The minimum atomic E-state index is -0.259. The zero-order valence-corrected chi connectivity index (χ0v) is 20.8. The monoisotopic (exact) mass is 474 g/mol. The van der Waals surface area contributed by atoms with Crippen molar-refractivity contribution in [2.45, 2.75) is 46.6 Å². The Morgan fingerprint density at radius 1 is 1.34 bits per heavy atom. The van der Waals surface area contributed by atoms with Crippen LogP contribution in [-0.4, -0.2) is 53.0 Å². The zero-order valence-electron chi connectivity index (χ0n) is 19.1. The minimum Gasteiger partial charge on any atom is -0.383 e. The molecule has 1 atom stereocenters. The van der Waals surface area contributed by atoms with Gasteiger partial charge in [0, 0.05) is 32.3 Å². The highest BCUT2D eigenvalue weighted by atomic mass is 32.2. The number of piperidine rings is 1. The lowest BCUT2D eigenvalue weighted by Crippen LogP contribution is -2.40. The van der Waals surface area contributed by atoms with E-state index in [0.717, 1.165) is 43.7 Å². The normalized spacial score (nSPS) is 20.3. The summed E-state index contributed by atoms with van der Waals surface area (Å²) in [6.07, 6.45) is 4.78. The number of carbonyl (C=O) groups excluding carboxylic acids is 1. The Labute approximate surface area is 199 Å². The van der Waals surface area contributed by atoms with Crippen LogP contribution in [-0.2, 0) is 16.1 Å². The van der Waals surface area contributed by atoms with Crippen molar-refractivity contribution < 1.29 is 9.53 Å². The number of methoxy groups -OCH3 is 1. The van der Waals surface area contributed by atoms with Crippen LogP contribution in [0.3, 0.4) is 0 Å². The molecule has 0 saturated carbocycles. The maximum atomic E-state index is 13.2. The predicted octanol–water partition coefficient (Wildman–Crippen LogP) is 3.52. The van der Waals surface area contributed by atoms with E-state index in [-0.39, 0.29) is 17.0 Å². The maximum absolute atomic E-state index is 13.2. The molecule has 2 aliphatic heterocycles. The Hall–Kier alpha value is -2.15. The summed E-state index contributed by atoms with van der Waals surface area (Å²) in [6.45, 7) is 9.02. The molecule has 0 aromatic carbocycles. The van der Waals surface area contributed by atoms with Gasteiger partial charge in [-0.15, -0.1) is 0 Å². The first-order chi connectivity index (χ1) is 15.3. The summed E-state index contributed by atoms with van der Waals surface area (Å²) in [5.41, 5.74) is 1.24. The first kappa shape index (κ1) is 24.5. The topological polar surface area (TPSA) is 78.6 Å². The van der Waals surface area contributed by atoms with E-state index in [2.05, 4.69) is 17.9 Å². The Morgan fingerprint density at radius 3 is 2.72 bits per heavy atom. The summed E-state index contributed by atoms with van der Waals surface area (Å²) in [7, 11) is 1.59. The van der Waals surface area contributed by atoms with Crippen LogP contribution < -0.4 is 10.5 Å². The largest absolute Gasteiger partial charge is 0.383 e. The van der Waals surface area contributed by atoms with Gasteiger partial charge in [-0.25, -0.2) is 0 Å². The number of anilines is 1. The van der Waals surface area contributed by atoms with E-state index in [1.54, 1.807) is 23.5 Å². The van der Waals surface area contributed by atoms with Crippen LogP contribution in [0.15, 0.2) is 9.70 Å². The molecule has 9 heteroatoms. The van der Waals surface area contributed by atoms with Crippen LogP contribution >= 0.6 is 24.0 Å². The van der Waals surface area contributed by atoms with Crippen molar-refractivity contribution in [3.05, 3.63) is 31.9 Å². The number of ether oxygens (including phenoxy) is 1. The quantitative estimate of drug-likeness (QED) is 0.442. The van der Waals surface area contributed by atoms with Crippen LogP contribution in [0.2, 0.25) is 0 Å². The Kier molecular flexibility index (Phi) is 8.15. The highest BCUT2D eigenvalue weighted by Gasteiger charge is 2.33. The number of amides is 1. The van der Waals surface area contributed by atoms with Gasteiger partial charge in [0.15, 0.2) is 0 Å². The number of nitriles is 1. The first-order valence-corrected chi connectivity index (χ1v) is 12.2. The number of carbonyl (C=O) groups is 1. The first-order valence-electron chi connectivity index (χ1n) is 11.0. The number of thiocarbonyl (C=S) groups is 1. The fourth-order valence-corrected chi connectivity index (χ4v) is 5.59. The van der Waals surface area contributed by atoms with E-state index >= 15 is 0 Å². The van der Waals surface area contributed by atoms with Crippen LogP contribution in [0.5, 0.6) is 0 Å². The van der Waals surface area contributed by atoms with Gasteiger partial charge in [0.2, 0.25) is 0 Å². The van der Waals surface area contributed by atoms with Gasteiger partial charge >= 0.3 is 0 Å². The molecular formula is C23H30N4O3S2. The lowest BCUT2D eigenvalue weighted by Gasteiger charge is -2.36. The summed E-state index contributed by atoms with van der Waals surface area (Å²) in [5, 5.41) is 9.74. The molecule has 0 spiro atoms. The van der Waals surface area contributed by atoms with Gasteiger partial charge in [-0.05, 0) is 43.7 Å². The molecule has 32 heavy (non-hydrogen) atoms. The van der Waals surface area contributed by atoms with Gasteiger partial charge < -0.3 is 9.64 Å². The Morgan fingerprint density at radius 2 is 2.09 bits per heavy atom. The average molecular weight is 475 g/mol. The Balaban J connectivity index is 2.20. The zero-order chi connectivity index (χ0) is 23.4. The number of nitrogens with zero attached hydrogens (tertiary/aromatic N) is 4. The lowest BCUT2D eigenvalue weighted by atomic mass is 9.98. The average Bonchev–Trinajstić information content (AvgIpc) is 3.03. The molecule has 2 saturated heterocycles. The smallest absolute Gasteiger partial charge is 0.270 e. The summed E-state index contributed by atoms with van der Waals surface area (Å²) in [5.74, 6) is 1.15. The van der Waals surface area contributed by atoms with E-state index < -0.39 is 0 Å². The van der Waals surface area contributed by atoms with E-state index in [1.807, 2.05) is 13.0 Å². The number of rotatable bonds is 7. The molecule has 0 bridgehead atoms. The molecule has 3 rings (SSSR count). The molecule has 7 nitrogen and oxygen atoms in total. The molecule has 1 aromatic heterocycles. The third kappa shape index (κ3) is 4.77. The number of hydrogen-bond donors (Lipinski definition) is 0. The lowest BCUT2D eigenvalue weighted by molar-refractivity contribution is -0.122. The summed E-state index contributed by atoms with van der Waals surface area (Å²) >= 11 is 6.67. The molecule has 2 fully saturated rings. The van der Waals surface area contributed by atoms with Crippen LogP contribution in [0.4, 0.5) is 5.82 Å². The third-order valence-corrected chi connectivity index (χ3v) is 7.30. The van der Waals surface area contributed by atoms with Gasteiger partial charge in [0.25, 0.3) is 11.5 Å². The van der Waals surface area contributed by atoms with Gasteiger partial charge in [0.05, 0.1) is 18.1 Å². The van der Waals surface area contributed by atoms with E-state index in [1.165, 1.54) is 11.8 Å². The minimum absolute atomic E-state index is 0.133. The molecule has 0 radical (unpaired) electrons. The van der Waals surface area contributed by atoms with Crippen LogP contribution in [0.1, 0.15) is 49.8 Å². The Bertz CT molecular complexity index is 1040. The third-order valence-electron chi connectivity index (χ3n) is 5.92. The van der Waals surface area contributed by atoms with Crippen molar-refractivity contribution in [1.29, 1.82) is 5.26 Å². The summed E-state index contributed by atoms with van der Waals surface area (Å²) in [6, 6.07) is 2.10. The standard InChI is InChI=1S/C23H30N4O3S2/c1-5-8-26-20(25-9-6-7-15(2)14-25)17(16(3)18(13-24)21(26)28)12-19-22(29)27(10-11-30-4)23(31)32-19/h12,15H,5-11,14H2,1-4H3/b19-12-. The highest BCUT2D eigenvalue weighted by Crippen LogP contribution is 2.36. The fourth-order valence-electron chi connectivity index (χ4n) is 4.30. The molecule has 1 amide bonds. The molecule has 1 aromatic rings. The summed E-state index contributed by atoms with van der Waals surface area (Å²) in [4.78, 5) is 30.6. The molecule has 172 valence electrons. The van der Waals surface area contributed by atoms with Gasteiger partial charge in [0.1, 0.15) is 21.8 Å². The molecule has 3 heterocycles. The van der Waals surface area contributed by atoms with Crippen LogP contribution in [0.25, 0.3) is 6.08 Å². The highest BCUT2D eigenvalue weighted by molar-refractivity contribution is 8.26. The van der Waals surface area contributed by atoms with Crippen molar-refractivity contribution in [2.24, 2.45) is 5.92 Å². The van der Waals surface area contributed by atoms with E-state index in [4.69, 9.17) is 17.0 Å². The summed E-state index contributed by atoms with van der Waals surface area (Å²) < 4.78 is 7.32.